The van der Waals surface area contributed by atoms with Crippen molar-refractivity contribution in [1.29, 1.82) is 0 Å². The van der Waals surface area contributed by atoms with E-state index in [1.807, 2.05) is 23.1 Å². The molecule has 2 N–H and O–H groups in total. The van der Waals surface area contributed by atoms with Crippen molar-refractivity contribution in [3.8, 4) is 0 Å². The largest absolute Gasteiger partial charge is 0.369 e. The first-order chi connectivity index (χ1) is 14.9. The highest BCUT2D eigenvalue weighted by atomic mass is 19.1. The van der Waals surface area contributed by atoms with E-state index in [-0.39, 0.29) is 17.6 Å². The summed E-state index contributed by atoms with van der Waals surface area (Å²) in [6, 6.07) is 10.7. The number of carbonyl (C=O) groups excluding carboxylic acids is 1. The molecule has 31 heavy (non-hydrogen) atoms. The number of H-pyrrole nitrogens is 1. The Labute approximate surface area is 181 Å². The third kappa shape index (κ3) is 4.39. The normalized spacial score (nSPS) is 15.4. The average Bonchev–Trinajstić information content (AvgIpc) is 3.20. The van der Waals surface area contributed by atoms with Crippen LogP contribution in [-0.2, 0) is 16.1 Å². The molecule has 0 bridgehead atoms. The molecule has 164 valence electrons. The van der Waals surface area contributed by atoms with Crippen molar-refractivity contribution < 1.29 is 13.9 Å². The lowest BCUT2D eigenvalue weighted by Gasteiger charge is -2.36. The molecule has 1 saturated heterocycles. The first-order valence-corrected chi connectivity index (χ1v) is 10.6. The third-order valence-corrected chi connectivity index (χ3v) is 6.08. The number of hydrogen-bond acceptors (Lipinski definition) is 5. The number of aromatic amines is 1. The van der Waals surface area contributed by atoms with Crippen LogP contribution in [0.1, 0.15) is 43.9 Å². The maximum absolute atomic E-state index is 13.8. The summed E-state index contributed by atoms with van der Waals surface area (Å²) in [5.41, 5.74) is 1.48. The number of rotatable bonds is 6. The summed E-state index contributed by atoms with van der Waals surface area (Å²) in [6.07, 6.45) is 1.72. The molecule has 0 spiro atoms. The number of anilines is 1. The highest BCUT2D eigenvalue weighted by Gasteiger charge is 2.34. The van der Waals surface area contributed by atoms with Crippen LogP contribution >= 0.6 is 0 Å². The minimum absolute atomic E-state index is 0.0241. The van der Waals surface area contributed by atoms with Gasteiger partial charge in [-0.05, 0) is 44.9 Å². The first-order valence-electron chi connectivity index (χ1n) is 10.6. The summed E-state index contributed by atoms with van der Waals surface area (Å²) >= 11 is 0. The summed E-state index contributed by atoms with van der Waals surface area (Å²) < 4.78 is 19.2. The first kappa shape index (κ1) is 21.2. The Hall–Kier alpha value is -3.00. The Kier molecular flexibility index (Phi) is 5.91. The maximum atomic E-state index is 13.8. The van der Waals surface area contributed by atoms with Crippen molar-refractivity contribution in [1.82, 2.24) is 20.1 Å². The highest BCUT2D eigenvalue weighted by molar-refractivity contribution is 5.87. The van der Waals surface area contributed by atoms with Gasteiger partial charge in [-0.1, -0.05) is 18.2 Å². The lowest BCUT2D eigenvalue weighted by molar-refractivity contribution is -0.152. The van der Waals surface area contributed by atoms with Crippen LogP contribution in [-0.4, -0.2) is 51.8 Å². The van der Waals surface area contributed by atoms with Crippen LogP contribution in [0.4, 0.5) is 10.2 Å². The number of benzene rings is 1. The van der Waals surface area contributed by atoms with Gasteiger partial charge in [-0.2, -0.15) is 5.10 Å². The number of nitrogens with one attached hydrogen (secondary N) is 2. The second-order valence-electron chi connectivity index (χ2n) is 8.43. The maximum Gasteiger partial charge on any atom is 0.254 e. The van der Waals surface area contributed by atoms with Crippen molar-refractivity contribution in [3.63, 3.8) is 0 Å². The van der Waals surface area contributed by atoms with Gasteiger partial charge in [0.25, 0.3) is 5.91 Å². The number of carbonyl (C=O) groups is 1. The second-order valence-corrected chi connectivity index (χ2v) is 8.43. The number of hydrogen-bond donors (Lipinski definition) is 2. The molecule has 7 nitrogen and oxygen atoms in total. The predicted molar refractivity (Wildman–Crippen MR) is 117 cm³/mol. The van der Waals surface area contributed by atoms with Crippen molar-refractivity contribution in [2.75, 3.05) is 25.5 Å². The molecule has 1 amide bonds. The number of methoxy groups -OCH3 is 1. The molecule has 8 heteroatoms. The van der Waals surface area contributed by atoms with Crippen LogP contribution in [0, 0.1) is 5.82 Å². The Bertz CT molecular complexity index is 1070. The molecule has 0 atom stereocenters. The number of pyridine rings is 1. The average molecular weight is 426 g/mol. The van der Waals surface area contributed by atoms with E-state index in [0.717, 1.165) is 23.9 Å². The zero-order valence-electron chi connectivity index (χ0n) is 18.1. The van der Waals surface area contributed by atoms with E-state index < -0.39 is 5.60 Å². The summed E-state index contributed by atoms with van der Waals surface area (Å²) in [7, 11) is 1.56. The number of likely N-dealkylation sites (tertiary alicyclic amines) is 1. The van der Waals surface area contributed by atoms with Crippen LogP contribution in [0.25, 0.3) is 11.0 Å². The van der Waals surface area contributed by atoms with Gasteiger partial charge in [0.15, 0.2) is 11.5 Å². The molecule has 3 aromatic rings. The van der Waals surface area contributed by atoms with Crippen LogP contribution in [0.3, 0.4) is 0 Å². The molecular formula is C23H28FN5O2. The molecule has 2 aromatic heterocycles. The van der Waals surface area contributed by atoms with Gasteiger partial charge in [0.05, 0.1) is 5.39 Å². The second kappa shape index (κ2) is 8.63. The van der Waals surface area contributed by atoms with E-state index in [9.17, 15) is 9.18 Å². The molecule has 0 saturated carbocycles. The van der Waals surface area contributed by atoms with Crippen LogP contribution < -0.4 is 5.32 Å². The number of amides is 1. The number of piperidine rings is 1. The Morgan fingerprint density at radius 3 is 2.71 bits per heavy atom. The zero-order valence-corrected chi connectivity index (χ0v) is 18.1. The van der Waals surface area contributed by atoms with Gasteiger partial charge >= 0.3 is 0 Å². The molecule has 0 radical (unpaired) electrons. The molecule has 4 rings (SSSR count). The minimum atomic E-state index is -0.800. The van der Waals surface area contributed by atoms with E-state index >= 15 is 0 Å². The predicted octanol–water partition coefficient (Wildman–Crippen LogP) is 3.84. The van der Waals surface area contributed by atoms with E-state index in [0.29, 0.717) is 36.7 Å². The Morgan fingerprint density at radius 1 is 1.26 bits per heavy atom. The van der Waals surface area contributed by atoms with Gasteiger partial charge in [-0.25, -0.2) is 9.37 Å². The van der Waals surface area contributed by atoms with Crippen LogP contribution in [0.15, 0.2) is 36.4 Å². The van der Waals surface area contributed by atoms with Gasteiger partial charge in [0.2, 0.25) is 0 Å². The van der Waals surface area contributed by atoms with Gasteiger partial charge < -0.3 is 15.0 Å². The molecule has 1 fully saturated rings. The van der Waals surface area contributed by atoms with Gasteiger partial charge in [-0.15, -0.1) is 0 Å². The molecule has 0 aliphatic carbocycles. The number of halogens is 1. The summed E-state index contributed by atoms with van der Waals surface area (Å²) in [6.45, 7) is 5.32. The van der Waals surface area contributed by atoms with Gasteiger partial charge in [0.1, 0.15) is 11.4 Å². The minimum Gasteiger partial charge on any atom is -0.369 e. The molecule has 1 aliphatic rings. The monoisotopic (exact) mass is 425 g/mol. The standard InChI is InChI=1S/C23H28FN5O2/c1-23(2,31-3)22(30)29-12-10-15(11-13-29)19-9-8-17-20(27-28-21(17)26-19)25-14-16-6-4-5-7-18(16)24/h4-9,15H,10-14H2,1-3H3,(H2,25,26,27,28). The van der Waals surface area contributed by atoms with Gasteiger partial charge in [0, 0.05) is 43.9 Å². The molecule has 1 aromatic carbocycles. The smallest absolute Gasteiger partial charge is 0.254 e. The number of fused-ring (bicyclic) bond motifs is 1. The summed E-state index contributed by atoms with van der Waals surface area (Å²) in [5.74, 6) is 0.724. The van der Waals surface area contributed by atoms with E-state index in [1.165, 1.54) is 6.07 Å². The Balaban J connectivity index is 1.41. The summed E-state index contributed by atoms with van der Waals surface area (Å²) in [5, 5.41) is 11.3. The SMILES string of the molecule is COC(C)(C)C(=O)N1CCC(c2ccc3c(NCc4ccccc4F)n[nH]c3n2)CC1. The lowest BCUT2D eigenvalue weighted by atomic mass is 9.92. The fourth-order valence-electron chi connectivity index (χ4n) is 3.95. The van der Waals surface area contributed by atoms with E-state index in [2.05, 4.69) is 15.5 Å². The van der Waals surface area contributed by atoms with E-state index in [1.54, 1.807) is 33.1 Å². The fourth-order valence-corrected chi connectivity index (χ4v) is 3.95. The number of ether oxygens (including phenoxy) is 1. The summed E-state index contributed by atoms with van der Waals surface area (Å²) in [4.78, 5) is 19.2. The number of nitrogens with zero attached hydrogens (tertiary/aromatic N) is 3. The molecular weight excluding hydrogens is 397 g/mol. The van der Waals surface area contributed by atoms with Gasteiger partial charge in [-0.3, -0.25) is 9.89 Å². The highest BCUT2D eigenvalue weighted by Crippen LogP contribution is 2.30. The van der Waals surface area contributed by atoms with Crippen molar-refractivity contribution in [3.05, 3.63) is 53.5 Å². The molecule has 3 heterocycles. The van der Waals surface area contributed by atoms with Crippen LogP contribution in [0.5, 0.6) is 0 Å². The molecule has 1 aliphatic heterocycles. The Morgan fingerprint density at radius 2 is 2.00 bits per heavy atom. The fraction of sp³-hybridized carbons (Fsp3) is 0.435. The third-order valence-electron chi connectivity index (χ3n) is 6.08. The zero-order chi connectivity index (χ0) is 22.0. The van der Waals surface area contributed by atoms with Crippen molar-refractivity contribution >= 4 is 22.8 Å². The van der Waals surface area contributed by atoms with E-state index in [4.69, 9.17) is 9.72 Å². The quantitative estimate of drug-likeness (QED) is 0.627. The topological polar surface area (TPSA) is 83.1 Å². The van der Waals surface area contributed by atoms with Crippen molar-refractivity contribution in [2.24, 2.45) is 0 Å². The van der Waals surface area contributed by atoms with Crippen LogP contribution in [0.2, 0.25) is 0 Å². The number of aromatic nitrogens is 3. The lowest BCUT2D eigenvalue weighted by Crippen LogP contribution is -2.49. The molecule has 0 unspecified atom stereocenters. The van der Waals surface area contributed by atoms with Crippen molar-refractivity contribution in [2.45, 2.75) is 44.8 Å².